The van der Waals surface area contributed by atoms with Gasteiger partial charge in [-0.2, -0.15) is 5.10 Å². The Bertz CT molecular complexity index is 699. The number of carbonyl (C=O) groups excluding carboxylic acids is 1. The number of hydrogen-bond acceptors (Lipinski definition) is 4. The molecular formula is C19H26N4O2. The first-order valence-electron chi connectivity index (χ1n) is 8.85. The number of nitrogens with zero attached hydrogens (tertiary/aromatic N) is 3. The Morgan fingerprint density at radius 3 is 2.92 bits per heavy atom. The van der Waals surface area contributed by atoms with Crippen molar-refractivity contribution in [3.8, 4) is 0 Å². The van der Waals surface area contributed by atoms with E-state index in [0.717, 1.165) is 37.6 Å². The zero-order valence-electron chi connectivity index (χ0n) is 14.9. The third-order valence-corrected chi connectivity index (χ3v) is 4.41. The van der Waals surface area contributed by atoms with Crippen molar-refractivity contribution in [2.24, 2.45) is 0 Å². The summed E-state index contributed by atoms with van der Waals surface area (Å²) in [5, 5.41) is 7.53. The molecule has 0 spiro atoms. The van der Waals surface area contributed by atoms with Crippen molar-refractivity contribution in [2.75, 3.05) is 31.6 Å². The molecule has 1 aliphatic rings. The number of carbonyl (C=O) groups is 1. The number of likely N-dealkylation sites (tertiary alicyclic amines) is 1. The van der Waals surface area contributed by atoms with E-state index in [2.05, 4.69) is 39.6 Å². The summed E-state index contributed by atoms with van der Waals surface area (Å²) < 4.78 is 7.14. The van der Waals surface area contributed by atoms with Crippen LogP contribution < -0.4 is 5.32 Å². The van der Waals surface area contributed by atoms with Crippen LogP contribution in [0.15, 0.2) is 36.4 Å². The van der Waals surface area contributed by atoms with E-state index in [-0.39, 0.29) is 18.6 Å². The fraction of sp³-hybridized carbons (Fsp3) is 0.474. The molecule has 1 fully saturated rings. The highest BCUT2D eigenvalue weighted by atomic mass is 16.5. The molecule has 6 heteroatoms. The van der Waals surface area contributed by atoms with Gasteiger partial charge in [-0.3, -0.25) is 9.69 Å². The zero-order chi connectivity index (χ0) is 17.6. The first-order chi connectivity index (χ1) is 12.2. The fourth-order valence-corrected chi connectivity index (χ4v) is 3.26. The first-order valence-corrected chi connectivity index (χ1v) is 8.85. The Morgan fingerprint density at radius 1 is 1.36 bits per heavy atom. The average molecular weight is 342 g/mol. The SMILES string of the molecule is CCOCC(=O)Nc1cc(C)nn1[C@H]1CCN(Cc2ccccc2)C1. The van der Waals surface area contributed by atoms with Gasteiger partial charge >= 0.3 is 0 Å². The Hall–Kier alpha value is -2.18. The van der Waals surface area contributed by atoms with E-state index >= 15 is 0 Å². The summed E-state index contributed by atoms with van der Waals surface area (Å²) in [6, 6.07) is 12.7. The van der Waals surface area contributed by atoms with E-state index in [0.29, 0.717) is 6.61 Å². The number of hydrogen-bond donors (Lipinski definition) is 1. The van der Waals surface area contributed by atoms with Gasteiger partial charge in [0, 0.05) is 32.3 Å². The van der Waals surface area contributed by atoms with Crippen molar-refractivity contribution in [1.29, 1.82) is 0 Å². The van der Waals surface area contributed by atoms with Crippen molar-refractivity contribution in [3.05, 3.63) is 47.7 Å². The lowest BCUT2D eigenvalue weighted by Gasteiger charge is -2.18. The topological polar surface area (TPSA) is 59.4 Å². The van der Waals surface area contributed by atoms with Crippen LogP contribution in [0.2, 0.25) is 0 Å². The van der Waals surface area contributed by atoms with Gasteiger partial charge in [-0.15, -0.1) is 0 Å². The molecule has 0 unspecified atom stereocenters. The van der Waals surface area contributed by atoms with Gasteiger partial charge in [0.2, 0.25) is 0 Å². The van der Waals surface area contributed by atoms with E-state index in [9.17, 15) is 4.79 Å². The number of ether oxygens (including phenoxy) is 1. The van der Waals surface area contributed by atoms with Gasteiger partial charge in [0.15, 0.2) is 0 Å². The van der Waals surface area contributed by atoms with Crippen LogP contribution in [0.4, 0.5) is 5.82 Å². The molecule has 25 heavy (non-hydrogen) atoms. The van der Waals surface area contributed by atoms with Crippen molar-refractivity contribution in [2.45, 2.75) is 32.9 Å². The van der Waals surface area contributed by atoms with Gasteiger partial charge in [-0.05, 0) is 25.8 Å². The number of amides is 1. The van der Waals surface area contributed by atoms with Crippen molar-refractivity contribution in [1.82, 2.24) is 14.7 Å². The maximum Gasteiger partial charge on any atom is 0.251 e. The van der Waals surface area contributed by atoms with Crippen molar-refractivity contribution in [3.63, 3.8) is 0 Å². The molecule has 6 nitrogen and oxygen atoms in total. The van der Waals surface area contributed by atoms with Gasteiger partial charge in [0.25, 0.3) is 5.91 Å². The summed E-state index contributed by atoms with van der Waals surface area (Å²) in [4.78, 5) is 14.4. The summed E-state index contributed by atoms with van der Waals surface area (Å²) in [5.41, 5.74) is 2.23. The Kier molecular flexibility index (Phi) is 5.83. The molecule has 2 aromatic rings. The van der Waals surface area contributed by atoms with E-state index in [1.807, 2.05) is 30.7 Å². The van der Waals surface area contributed by atoms with Gasteiger partial charge in [0.1, 0.15) is 12.4 Å². The second kappa shape index (κ2) is 8.27. The van der Waals surface area contributed by atoms with E-state index in [1.54, 1.807) is 0 Å². The summed E-state index contributed by atoms with van der Waals surface area (Å²) in [5.74, 6) is 0.621. The smallest absolute Gasteiger partial charge is 0.251 e. The Labute approximate surface area is 148 Å². The van der Waals surface area contributed by atoms with Crippen LogP contribution in [0, 0.1) is 6.92 Å². The van der Waals surface area contributed by atoms with Gasteiger partial charge in [-0.1, -0.05) is 30.3 Å². The maximum atomic E-state index is 12.0. The van der Waals surface area contributed by atoms with Crippen LogP contribution in [0.25, 0.3) is 0 Å². The molecule has 2 heterocycles. The molecule has 0 saturated carbocycles. The molecule has 0 bridgehead atoms. The van der Waals surface area contributed by atoms with Gasteiger partial charge < -0.3 is 10.1 Å². The van der Waals surface area contributed by atoms with Gasteiger partial charge in [-0.25, -0.2) is 4.68 Å². The Morgan fingerprint density at radius 2 is 2.16 bits per heavy atom. The van der Waals surface area contributed by atoms with E-state index in [1.165, 1.54) is 5.56 Å². The predicted octanol–water partition coefficient (Wildman–Crippen LogP) is 2.61. The number of aryl methyl sites for hydroxylation is 1. The van der Waals surface area contributed by atoms with Crippen molar-refractivity contribution < 1.29 is 9.53 Å². The third kappa shape index (κ3) is 4.67. The highest BCUT2D eigenvalue weighted by Gasteiger charge is 2.26. The summed E-state index contributed by atoms with van der Waals surface area (Å²) in [6.45, 7) is 7.35. The largest absolute Gasteiger partial charge is 0.372 e. The molecule has 1 aliphatic heterocycles. The number of benzene rings is 1. The fourth-order valence-electron chi connectivity index (χ4n) is 3.26. The monoisotopic (exact) mass is 342 g/mol. The molecule has 1 N–H and O–H groups in total. The third-order valence-electron chi connectivity index (χ3n) is 4.41. The maximum absolute atomic E-state index is 12.0. The first kappa shape index (κ1) is 17.6. The number of anilines is 1. The molecule has 1 amide bonds. The minimum atomic E-state index is -0.137. The van der Waals surface area contributed by atoms with E-state index in [4.69, 9.17) is 4.74 Å². The summed E-state index contributed by atoms with van der Waals surface area (Å²) in [7, 11) is 0. The summed E-state index contributed by atoms with van der Waals surface area (Å²) in [6.07, 6.45) is 1.03. The molecule has 0 radical (unpaired) electrons. The highest BCUT2D eigenvalue weighted by molar-refractivity contribution is 5.90. The molecule has 1 atom stereocenters. The van der Waals surface area contributed by atoms with Crippen LogP contribution in [0.1, 0.15) is 30.6 Å². The molecular weight excluding hydrogens is 316 g/mol. The van der Waals surface area contributed by atoms with Crippen LogP contribution in [0.3, 0.4) is 0 Å². The highest BCUT2D eigenvalue weighted by Crippen LogP contribution is 2.26. The second-order valence-electron chi connectivity index (χ2n) is 6.46. The lowest BCUT2D eigenvalue weighted by Crippen LogP contribution is -2.24. The summed E-state index contributed by atoms with van der Waals surface area (Å²) >= 11 is 0. The van der Waals surface area contributed by atoms with Crippen molar-refractivity contribution >= 4 is 11.7 Å². The van der Waals surface area contributed by atoms with Crippen LogP contribution >= 0.6 is 0 Å². The van der Waals surface area contributed by atoms with E-state index < -0.39 is 0 Å². The lowest BCUT2D eigenvalue weighted by molar-refractivity contribution is -0.120. The molecule has 3 rings (SSSR count). The molecule has 1 aromatic heterocycles. The van der Waals surface area contributed by atoms with Crippen LogP contribution in [-0.2, 0) is 16.1 Å². The van der Waals surface area contributed by atoms with Crippen LogP contribution in [0.5, 0.6) is 0 Å². The quantitative estimate of drug-likeness (QED) is 0.840. The standard InChI is InChI=1S/C19H26N4O2/c1-3-25-14-19(24)20-18-11-15(2)21-23(18)17-9-10-22(13-17)12-16-7-5-4-6-8-16/h4-8,11,17H,3,9-10,12-14H2,1-2H3,(H,20,24)/t17-/m0/s1. The van der Waals surface area contributed by atoms with Crippen LogP contribution in [-0.4, -0.2) is 46.9 Å². The lowest BCUT2D eigenvalue weighted by atomic mass is 10.2. The molecule has 1 aromatic carbocycles. The normalized spacial score (nSPS) is 17.8. The Balaban J connectivity index is 1.63. The molecule has 1 saturated heterocycles. The number of rotatable bonds is 7. The molecule has 134 valence electrons. The zero-order valence-corrected chi connectivity index (χ0v) is 14.9. The second-order valence-corrected chi connectivity index (χ2v) is 6.46. The number of nitrogens with one attached hydrogen (secondary N) is 1. The average Bonchev–Trinajstić information content (AvgIpc) is 3.20. The van der Waals surface area contributed by atoms with Gasteiger partial charge in [0.05, 0.1) is 11.7 Å². The molecule has 0 aliphatic carbocycles. The minimum absolute atomic E-state index is 0.0749. The minimum Gasteiger partial charge on any atom is -0.372 e. The predicted molar refractivity (Wildman–Crippen MR) is 97.5 cm³/mol. The number of aromatic nitrogens is 2.